The van der Waals surface area contributed by atoms with Gasteiger partial charge in [-0.25, -0.2) is 14.6 Å². The summed E-state index contributed by atoms with van der Waals surface area (Å²) in [6, 6.07) is 0. The first-order chi connectivity index (χ1) is 9.61. The van der Waals surface area contributed by atoms with Crippen LogP contribution in [0.1, 0.15) is 27.2 Å². The van der Waals surface area contributed by atoms with Gasteiger partial charge in [0.1, 0.15) is 5.69 Å². The largest absolute Gasteiger partial charge is 0.393 e. The lowest BCUT2D eigenvalue weighted by atomic mass is 10.1. The molecule has 1 saturated heterocycles. The van der Waals surface area contributed by atoms with E-state index < -0.39 is 12.5 Å². The SMILES string of the molecule is CC(C)(C)Nc1nc(NN)c(N)c(N2CCC(F)(F)C2)n1. The van der Waals surface area contributed by atoms with Gasteiger partial charge in [0.2, 0.25) is 5.95 Å². The Morgan fingerprint density at radius 1 is 1.29 bits per heavy atom. The van der Waals surface area contributed by atoms with E-state index in [2.05, 4.69) is 20.7 Å². The molecule has 1 aromatic heterocycles. The standard InChI is InChI=1S/C12H21F2N7/c1-11(2,3)19-10-17-8(20-16)7(15)9(18-10)21-5-4-12(13,14)6-21/h4-6,15-16H2,1-3H3,(H2,17,18,19,20). The maximum Gasteiger partial charge on any atom is 0.266 e. The maximum atomic E-state index is 13.4. The smallest absolute Gasteiger partial charge is 0.266 e. The van der Waals surface area contributed by atoms with E-state index in [4.69, 9.17) is 11.6 Å². The number of halogens is 2. The van der Waals surface area contributed by atoms with Crippen LogP contribution >= 0.6 is 0 Å². The second-order valence-electron chi connectivity index (χ2n) is 6.18. The highest BCUT2D eigenvalue weighted by molar-refractivity contribution is 5.77. The Morgan fingerprint density at radius 2 is 1.95 bits per heavy atom. The quantitative estimate of drug-likeness (QED) is 0.494. The summed E-state index contributed by atoms with van der Waals surface area (Å²) in [5, 5.41) is 3.08. The number of nitrogen functional groups attached to an aromatic ring is 2. The Hall–Kier alpha value is -1.90. The highest BCUT2D eigenvalue weighted by atomic mass is 19.3. The average molecular weight is 301 g/mol. The summed E-state index contributed by atoms with van der Waals surface area (Å²) in [4.78, 5) is 9.86. The van der Waals surface area contributed by atoms with Gasteiger partial charge in [-0.15, -0.1) is 0 Å². The molecule has 0 saturated carbocycles. The third-order valence-electron chi connectivity index (χ3n) is 3.02. The van der Waals surface area contributed by atoms with Gasteiger partial charge in [-0.2, -0.15) is 9.97 Å². The highest BCUT2D eigenvalue weighted by Gasteiger charge is 2.39. The summed E-state index contributed by atoms with van der Waals surface area (Å²) in [6.07, 6.45) is -0.218. The number of aromatic nitrogens is 2. The lowest BCUT2D eigenvalue weighted by molar-refractivity contribution is 0.0257. The van der Waals surface area contributed by atoms with Crippen LogP contribution in [0.4, 0.5) is 32.1 Å². The number of hydrogen-bond acceptors (Lipinski definition) is 7. The Bertz CT molecular complexity index is 527. The molecule has 0 amide bonds. The summed E-state index contributed by atoms with van der Waals surface area (Å²) in [6.45, 7) is 5.59. The molecule has 0 radical (unpaired) electrons. The topological polar surface area (TPSA) is 105 Å². The van der Waals surface area contributed by atoms with Gasteiger partial charge in [0, 0.05) is 18.5 Å². The van der Waals surface area contributed by atoms with Crippen LogP contribution in [-0.4, -0.2) is 34.5 Å². The number of anilines is 4. The van der Waals surface area contributed by atoms with E-state index in [0.717, 1.165) is 0 Å². The van der Waals surface area contributed by atoms with Crippen LogP contribution in [0.2, 0.25) is 0 Å². The summed E-state index contributed by atoms with van der Waals surface area (Å²) in [5.41, 5.74) is 8.17. The van der Waals surface area contributed by atoms with Crippen molar-refractivity contribution in [3.8, 4) is 0 Å². The molecular formula is C12H21F2N7. The van der Waals surface area contributed by atoms with Gasteiger partial charge in [-0.05, 0) is 20.8 Å². The predicted molar refractivity (Wildman–Crippen MR) is 79.4 cm³/mol. The molecule has 0 unspecified atom stereocenters. The van der Waals surface area contributed by atoms with E-state index in [1.807, 2.05) is 20.8 Å². The Labute approximate surface area is 122 Å². The molecule has 9 heteroatoms. The molecule has 6 N–H and O–H groups in total. The van der Waals surface area contributed by atoms with Crippen LogP contribution in [-0.2, 0) is 0 Å². The molecular weight excluding hydrogens is 280 g/mol. The van der Waals surface area contributed by atoms with Gasteiger partial charge in [-0.3, -0.25) is 0 Å². The predicted octanol–water partition coefficient (Wildman–Crippen LogP) is 1.40. The number of nitrogens with two attached hydrogens (primary N) is 2. The van der Waals surface area contributed by atoms with E-state index in [-0.39, 0.29) is 41.8 Å². The molecule has 1 aromatic rings. The first kappa shape index (κ1) is 15.5. The molecule has 0 bridgehead atoms. The number of alkyl halides is 2. The lowest BCUT2D eigenvalue weighted by Crippen LogP contribution is -2.30. The van der Waals surface area contributed by atoms with Crippen LogP contribution in [0.15, 0.2) is 0 Å². The minimum absolute atomic E-state index is 0.162. The fourth-order valence-electron chi connectivity index (χ4n) is 2.12. The molecule has 0 spiro atoms. The fourth-order valence-corrected chi connectivity index (χ4v) is 2.12. The monoisotopic (exact) mass is 301 g/mol. The summed E-state index contributed by atoms with van der Waals surface area (Å²) in [7, 11) is 0. The van der Waals surface area contributed by atoms with Crippen LogP contribution in [0.5, 0.6) is 0 Å². The van der Waals surface area contributed by atoms with E-state index >= 15 is 0 Å². The molecule has 0 aromatic carbocycles. The van der Waals surface area contributed by atoms with Crippen molar-refractivity contribution in [1.82, 2.24) is 9.97 Å². The van der Waals surface area contributed by atoms with Gasteiger partial charge in [0.15, 0.2) is 11.6 Å². The van der Waals surface area contributed by atoms with Crippen molar-refractivity contribution in [3.05, 3.63) is 0 Å². The third kappa shape index (κ3) is 3.60. The second kappa shape index (κ2) is 5.14. The summed E-state index contributed by atoms with van der Waals surface area (Å²) in [5.74, 6) is 3.42. The van der Waals surface area contributed by atoms with Crippen molar-refractivity contribution in [2.45, 2.75) is 38.7 Å². The van der Waals surface area contributed by atoms with E-state index in [0.29, 0.717) is 0 Å². The van der Waals surface area contributed by atoms with Gasteiger partial charge in [0.25, 0.3) is 5.92 Å². The Morgan fingerprint density at radius 3 is 2.43 bits per heavy atom. The van der Waals surface area contributed by atoms with E-state index in [1.54, 1.807) is 0 Å². The molecule has 0 aliphatic carbocycles. The van der Waals surface area contributed by atoms with Crippen LogP contribution in [0.3, 0.4) is 0 Å². The van der Waals surface area contributed by atoms with Crippen molar-refractivity contribution in [2.24, 2.45) is 5.84 Å². The number of nitrogens with one attached hydrogen (secondary N) is 2. The molecule has 118 valence electrons. The molecule has 21 heavy (non-hydrogen) atoms. The second-order valence-corrected chi connectivity index (χ2v) is 6.18. The van der Waals surface area contributed by atoms with Crippen molar-refractivity contribution >= 4 is 23.3 Å². The first-order valence-electron chi connectivity index (χ1n) is 6.66. The summed E-state index contributed by atoms with van der Waals surface area (Å²) >= 11 is 0. The first-order valence-corrected chi connectivity index (χ1v) is 6.66. The normalized spacial score (nSPS) is 17.9. The van der Waals surface area contributed by atoms with Crippen LogP contribution < -0.4 is 27.2 Å². The summed E-state index contributed by atoms with van der Waals surface area (Å²) < 4.78 is 26.8. The van der Waals surface area contributed by atoms with Gasteiger partial charge >= 0.3 is 0 Å². The molecule has 0 atom stereocenters. The van der Waals surface area contributed by atoms with Gasteiger partial charge in [-0.1, -0.05) is 0 Å². The molecule has 2 heterocycles. The molecule has 7 nitrogen and oxygen atoms in total. The third-order valence-corrected chi connectivity index (χ3v) is 3.02. The number of rotatable bonds is 3. The number of hydrogen-bond donors (Lipinski definition) is 4. The van der Waals surface area contributed by atoms with Gasteiger partial charge in [0.05, 0.1) is 6.54 Å². The highest BCUT2D eigenvalue weighted by Crippen LogP contribution is 2.35. The zero-order valence-electron chi connectivity index (χ0n) is 12.4. The maximum absolute atomic E-state index is 13.4. The molecule has 1 aliphatic heterocycles. The molecule has 1 aliphatic rings. The van der Waals surface area contributed by atoms with Gasteiger partial charge < -0.3 is 21.4 Å². The average Bonchev–Trinajstić information content (AvgIpc) is 2.69. The zero-order valence-corrected chi connectivity index (χ0v) is 12.4. The lowest BCUT2D eigenvalue weighted by Gasteiger charge is -2.24. The number of hydrazine groups is 1. The minimum atomic E-state index is -2.73. The van der Waals surface area contributed by atoms with Crippen molar-refractivity contribution < 1.29 is 8.78 Å². The van der Waals surface area contributed by atoms with E-state index in [1.165, 1.54) is 4.90 Å². The Kier molecular flexibility index (Phi) is 3.79. The van der Waals surface area contributed by atoms with Crippen LogP contribution in [0, 0.1) is 0 Å². The van der Waals surface area contributed by atoms with Crippen molar-refractivity contribution in [1.29, 1.82) is 0 Å². The molecule has 1 fully saturated rings. The van der Waals surface area contributed by atoms with E-state index in [9.17, 15) is 8.78 Å². The number of nitrogens with zero attached hydrogens (tertiary/aromatic N) is 3. The zero-order chi connectivity index (χ0) is 15.8. The molecule has 2 rings (SSSR count). The van der Waals surface area contributed by atoms with Crippen molar-refractivity contribution in [3.63, 3.8) is 0 Å². The van der Waals surface area contributed by atoms with Crippen LogP contribution in [0.25, 0.3) is 0 Å². The minimum Gasteiger partial charge on any atom is -0.393 e. The Balaban J connectivity index is 2.38. The fraction of sp³-hybridized carbons (Fsp3) is 0.667. The van der Waals surface area contributed by atoms with Crippen molar-refractivity contribution in [2.75, 3.05) is 34.5 Å².